The van der Waals surface area contributed by atoms with Crippen LogP contribution in [-0.4, -0.2) is 48.8 Å². The number of hydrogen-bond acceptors (Lipinski definition) is 4. The smallest absolute Gasteiger partial charge is 0.254 e. The van der Waals surface area contributed by atoms with Gasteiger partial charge in [0.15, 0.2) is 11.5 Å². The first-order chi connectivity index (χ1) is 12.8. The van der Waals surface area contributed by atoms with Crippen molar-refractivity contribution in [2.45, 2.75) is 65.5 Å². The molecular formula is C21H32ClNO4. The zero-order chi connectivity index (χ0) is 20.0. The average Bonchev–Trinajstić information content (AvgIpc) is 2.61. The maximum Gasteiger partial charge on any atom is 0.254 e. The molecule has 1 aromatic rings. The third kappa shape index (κ3) is 5.52. The highest BCUT2D eigenvalue weighted by Crippen LogP contribution is 2.38. The second-order valence-corrected chi connectivity index (χ2v) is 7.82. The molecule has 5 nitrogen and oxygen atoms in total. The van der Waals surface area contributed by atoms with Crippen LogP contribution >= 0.6 is 11.6 Å². The lowest BCUT2D eigenvalue weighted by molar-refractivity contribution is -0.0777. The quantitative estimate of drug-likeness (QED) is 0.622. The summed E-state index contributed by atoms with van der Waals surface area (Å²) in [5.74, 6) is 0.988. The van der Waals surface area contributed by atoms with Crippen LogP contribution in [0.15, 0.2) is 12.1 Å². The van der Waals surface area contributed by atoms with E-state index in [1.165, 1.54) is 0 Å². The fraction of sp³-hybridized carbons (Fsp3) is 0.667. The van der Waals surface area contributed by atoms with Crippen LogP contribution in [0.5, 0.6) is 11.5 Å². The van der Waals surface area contributed by atoms with Crippen LogP contribution in [0.3, 0.4) is 0 Å². The van der Waals surface area contributed by atoms with Crippen molar-refractivity contribution < 1.29 is 19.0 Å². The van der Waals surface area contributed by atoms with Gasteiger partial charge in [0.2, 0.25) is 0 Å². The van der Waals surface area contributed by atoms with Crippen LogP contribution in [0.1, 0.15) is 64.2 Å². The Kier molecular flexibility index (Phi) is 7.80. The summed E-state index contributed by atoms with van der Waals surface area (Å²) in [4.78, 5) is 15.2. The first kappa shape index (κ1) is 21.8. The van der Waals surface area contributed by atoms with Crippen molar-refractivity contribution >= 4 is 17.5 Å². The summed E-state index contributed by atoms with van der Waals surface area (Å²) < 4.78 is 17.2. The van der Waals surface area contributed by atoms with E-state index in [-0.39, 0.29) is 17.6 Å². The van der Waals surface area contributed by atoms with Crippen molar-refractivity contribution in [3.05, 3.63) is 22.7 Å². The van der Waals surface area contributed by atoms with Crippen molar-refractivity contribution in [3.8, 4) is 11.5 Å². The summed E-state index contributed by atoms with van der Waals surface area (Å²) in [6.07, 6.45) is 2.52. The second-order valence-electron chi connectivity index (χ2n) is 7.41. The lowest BCUT2D eigenvalue weighted by atomic mass is 9.92. The van der Waals surface area contributed by atoms with E-state index in [0.29, 0.717) is 48.5 Å². The topological polar surface area (TPSA) is 48.0 Å². The van der Waals surface area contributed by atoms with E-state index in [9.17, 15) is 4.79 Å². The van der Waals surface area contributed by atoms with Crippen LogP contribution in [0, 0.1) is 0 Å². The largest absolute Gasteiger partial charge is 0.490 e. The van der Waals surface area contributed by atoms with Gasteiger partial charge in [-0.1, -0.05) is 18.5 Å². The Morgan fingerprint density at radius 3 is 2.63 bits per heavy atom. The molecule has 1 aromatic carbocycles. The summed E-state index contributed by atoms with van der Waals surface area (Å²) in [7, 11) is 0. The second kappa shape index (κ2) is 9.65. The number of nitrogens with zero attached hydrogens (tertiary/aromatic N) is 1. The number of carbonyl (C=O) groups excluding carboxylic acids is 1. The van der Waals surface area contributed by atoms with Crippen molar-refractivity contribution in [3.63, 3.8) is 0 Å². The third-order valence-corrected chi connectivity index (χ3v) is 5.00. The molecule has 6 heteroatoms. The lowest BCUT2D eigenvalue weighted by Gasteiger charge is -2.41. The molecule has 2 rings (SSSR count). The molecule has 1 aliphatic rings. The molecule has 1 atom stereocenters. The maximum absolute atomic E-state index is 13.3. The number of amides is 1. The molecular weight excluding hydrogens is 366 g/mol. The molecule has 0 aliphatic carbocycles. The molecule has 27 heavy (non-hydrogen) atoms. The van der Waals surface area contributed by atoms with Crippen molar-refractivity contribution in [2.24, 2.45) is 0 Å². The molecule has 0 radical (unpaired) electrons. The van der Waals surface area contributed by atoms with E-state index in [1.54, 1.807) is 12.1 Å². The minimum absolute atomic E-state index is 0.0369. The molecule has 1 fully saturated rings. The van der Waals surface area contributed by atoms with Gasteiger partial charge in [-0.2, -0.15) is 0 Å². The minimum atomic E-state index is -0.220. The Bertz CT molecular complexity index is 647. The Morgan fingerprint density at radius 1 is 1.30 bits per heavy atom. The number of carbonyl (C=O) groups is 1. The Balaban J connectivity index is 2.30. The molecule has 0 bridgehead atoms. The van der Waals surface area contributed by atoms with Gasteiger partial charge in [0.1, 0.15) is 0 Å². The van der Waals surface area contributed by atoms with Crippen molar-refractivity contribution in [2.75, 3.05) is 26.4 Å². The molecule has 1 amide bonds. The zero-order valence-electron chi connectivity index (χ0n) is 17.1. The Hall–Kier alpha value is -1.46. The first-order valence-electron chi connectivity index (χ1n) is 9.87. The SMILES string of the molecule is CCCOc1c(Cl)cc(C(=O)N(CC)C2CCOC(C)(C)C2)cc1OCC. The fourth-order valence-corrected chi connectivity index (χ4v) is 3.76. The van der Waals surface area contributed by atoms with E-state index < -0.39 is 0 Å². The fourth-order valence-electron chi connectivity index (χ4n) is 3.50. The highest BCUT2D eigenvalue weighted by Gasteiger charge is 2.34. The molecule has 152 valence electrons. The van der Waals surface area contributed by atoms with Crippen LogP contribution in [-0.2, 0) is 4.74 Å². The third-order valence-electron chi connectivity index (χ3n) is 4.72. The highest BCUT2D eigenvalue weighted by molar-refractivity contribution is 6.32. The van der Waals surface area contributed by atoms with Gasteiger partial charge in [-0.25, -0.2) is 0 Å². The summed E-state index contributed by atoms with van der Waals surface area (Å²) in [6.45, 7) is 12.4. The van der Waals surface area contributed by atoms with E-state index in [2.05, 4.69) is 13.8 Å². The number of rotatable bonds is 8. The normalized spacial score (nSPS) is 18.8. The van der Waals surface area contributed by atoms with Gasteiger partial charge in [-0.15, -0.1) is 0 Å². The van der Waals surface area contributed by atoms with Crippen molar-refractivity contribution in [1.82, 2.24) is 4.90 Å². The lowest BCUT2D eigenvalue weighted by Crippen LogP contribution is -2.48. The van der Waals surface area contributed by atoms with E-state index in [0.717, 1.165) is 19.3 Å². The summed E-state index contributed by atoms with van der Waals surface area (Å²) >= 11 is 6.43. The predicted octanol–water partition coefficient (Wildman–Crippen LogP) is 4.95. The van der Waals surface area contributed by atoms with Crippen molar-refractivity contribution in [1.29, 1.82) is 0 Å². The number of benzene rings is 1. The first-order valence-corrected chi connectivity index (χ1v) is 10.2. The summed E-state index contributed by atoms with van der Waals surface area (Å²) in [6, 6.07) is 3.58. The van der Waals surface area contributed by atoms with Gasteiger partial charge in [0, 0.05) is 24.8 Å². The van der Waals surface area contributed by atoms with Gasteiger partial charge in [-0.3, -0.25) is 4.79 Å². The van der Waals surface area contributed by atoms with Gasteiger partial charge in [-0.05, 0) is 59.1 Å². The summed E-state index contributed by atoms with van der Waals surface area (Å²) in [5, 5.41) is 0.404. The van der Waals surface area contributed by atoms with Crippen LogP contribution in [0.2, 0.25) is 5.02 Å². The zero-order valence-corrected chi connectivity index (χ0v) is 17.9. The number of halogens is 1. The number of ether oxygens (including phenoxy) is 3. The van der Waals surface area contributed by atoms with E-state index in [4.69, 9.17) is 25.8 Å². The minimum Gasteiger partial charge on any atom is -0.490 e. The average molecular weight is 398 g/mol. The molecule has 1 saturated heterocycles. The Morgan fingerprint density at radius 2 is 2.04 bits per heavy atom. The molecule has 0 saturated carbocycles. The van der Waals surface area contributed by atoms with Gasteiger partial charge in [0.05, 0.1) is 23.8 Å². The molecule has 0 N–H and O–H groups in total. The van der Waals surface area contributed by atoms with E-state index >= 15 is 0 Å². The standard InChI is InChI=1S/C21H32ClNO4/c1-6-10-26-19-17(22)12-15(13-18(19)25-8-3)20(24)23(7-2)16-9-11-27-21(4,5)14-16/h12-13,16H,6-11,14H2,1-5H3. The Labute approximate surface area is 167 Å². The molecule has 1 aliphatic heterocycles. The van der Waals surface area contributed by atoms with Gasteiger partial charge < -0.3 is 19.1 Å². The monoisotopic (exact) mass is 397 g/mol. The van der Waals surface area contributed by atoms with Crippen LogP contribution < -0.4 is 9.47 Å². The number of hydrogen-bond donors (Lipinski definition) is 0. The summed E-state index contributed by atoms with van der Waals surface area (Å²) in [5.41, 5.74) is 0.307. The van der Waals surface area contributed by atoms with Gasteiger partial charge in [0.25, 0.3) is 5.91 Å². The van der Waals surface area contributed by atoms with E-state index in [1.807, 2.05) is 25.7 Å². The maximum atomic E-state index is 13.3. The molecule has 0 spiro atoms. The molecule has 1 unspecified atom stereocenters. The van der Waals surface area contributed by atoms with Crippen LogP contribution in [0.25, 0.3) is 0 Å². The highest BCUT2D eigenvalue weighted by atomic mass is 35.5. The van der Waals surface area contributed by atoms with Crippen LogP contribution in [0.4, 0.5) is 0 Å². The predicted molar refractivity (Wildman–Crippen MR) is 108 cm³/mol. The molecule has 1 heterocycles. The molecule has 0 aromatic heterocycles. The van der Waals surface area contributed by atoms with Gasteiger partial charge >= 0.3 is 0 Å².